The molecule has 1 fully saturated rings. The highest BCUT2D eigenvalue weighted by Gasteiger charge is 2.33. The topological polar surface area (TPSA) is 32.3 Å². The van der Waals surface area contributed by atoms with Gasteiger partial charge in [-0.15, -0.1) is 0 Å². The van der Waals surface area contributed by atoms with Crippen LogP contribution in [0.4, 0.5) is 0 Å². The van der Waals surface area contributed by atoms with Crippen molar-refractivity contribution in [2.45, 2.75) is 45.7 Å². The molecule has 1 saturated heterocycles. The Bertz CT molecular complexity index is 199. The van der Waals surface area contributed by atoms with E-state index in [1.54, 1.807) is 0 Å². The SMILES string of the molecule is CC(C)N1C(=O)CNCCC1(C)C. The van der Waals surface area contributed by atoms with Crippen molar-refractivity contribution in [3.8, 4) is 0 Å². The van der Waals surface area contributed by atoms with E-state index >= 15 is 0 Å². The summed E-state index contributed by atoms with van der Waals surface area (Å²) in [5.41, 5.74) is -0.00521. The van der Waals surface area contributed by atoms with Gasteiger partial charge >= 0.3 is 0 Å². The third kappa shape index (κ3) is 2.21. The minimum Gasteiger partial charge on any atom is -0.334 e. The van der Waals surface area contributed by atoms with E-state index in [9.17, 15) is 4.79 Å². The summed E-state index contributed by atoms with van der Waals surface area (Å²) in [6.45, 7) is 9.84. The van der Waals surface area contributed by atoms with Gasteiger partial charge in [0.05, 0.1) is 6.54 Å². The van der Waals surface area contributed by atoms with E-state index in [2.05, 4.69) is 33.0 Å². The summed E-state index contributed by atoms with van der Waals surface area (Å²) < 4.78 is 0. The second kappa shape index (κ2) is 3.66. The van der Waals surface area contributed by atoms with E-state index in [0.29, 0.717) is 12.6 Å². The Morgan fingerprint density at radius 2 is 2.08 bits per heavy atom. The Morgan fingerprint density at radius 1 is 1.46 bits per heavy atom. The summed E-state index contributed by atoms with van der Waals surface area (Å²) >= 11 is 0. The largest absolute Gasteiger partial charge is 0.334 e. The second-order valence-electron chi connectivity index (χ2n) is 4.60. The Kier molecular flexibility index (Phi) is 2.96. The van der Waals surface area contributed by atoms with Crippen molar-refractivity contribution < 1.29 is 4.79 Å². The van der Waals surface area contributed by atoms with Gasteiger partial charge in [0.15, 0.2) is 0 Å². The normalized spacial score (nSPS) is 23.5. The first-order valence-corrected chi connectivity index (χ1v) is 4.98. The van der Waals surface area contributed by atoms with E-state index in [0.717, 1.165) is 13.0 Å². The molecule has 1 aliphatic rings. The predicted molar refractivity (Wildman–Crippen MR) is 53.5 cm³/mol. The van der Waals surface area contributed by atoms with Gasteiger partial charge in [0.1, 0.15) is 0 Å². The lowest BCUT2D eigenvalue weighted by Crippen LogP contribution is -2.51. The zero-order valence-corrected chi connectivity index (χ0v) is 9.05. The van der Waals surface area contributed by atoms with Crippen molar-refractivity contribution in [2.75, 3.05) is 13.1 Å². The maximum atomic E-state index is 11.7. The first-order chi connectivity index (χ1) is 5.95. The van der Waals surface area contributed by atoms with Crippen molar-refractivity contribution in [3.63, 3.8) is 0 Å². The smallest absolute Gasteiger partial charge is 0.237 e. The fourth-order valence-electron chi connectivity index (χ4n) is 2.12. The molecule has 0 spiro atoms. The lowest BCUT2D eigenvalue weighted by molar-refractivity contribution is -0.136. The minimum absolute atomic E-state index is 0.00521. The van der Waals surface area contributed by atoms with Gasteiger partial charge < -0.3 is 10.2 Å². The third-order valence-electron chi connectivity index (χ3n) is 2.63. The molecular formula is C10H20N2O. The lowest BCUT2D eigenvalue weighted by atomic mass is 9.97. The molecule has 3 heteroatoms. The number of hydrogen-bond donors (Lipinski definition) is 1. The van der Waals surface area contributed by atoms with Crippen LogP contribution in [0, 0.1) is 0 Å². The molecule has 0 unspecified atom stereocenters. The zero-order chi connectivity index (χ0) is 10.1. The van der Waals surface area contributed by atoms with Crippen molar-refractivity contribution >= 4 is 5.91 Å². The molecule has 0 aromatic heterocycles. The minimum atomic E-state index is -0.00521. The summed E-state index contributed by atoms with van der Waals surface area (Å²) in [5.74, 6) is 0.220. The Labute approximate surface area is 80.5 Å². The molecule has 3 nitrogen and oxygen atoms in total. The highest BCUT2D eigenvalue weighted by atomic mass is 16.2. The van der Waals surface area contributed by atoms with Crippen LogP contribution in [0.2, 0.25) is 0 Å². The average molecular weight is 184 g/mol. The Morgan fingerprint density at radius 3 is 2.62 bits per heavy atom. The molecule has 1 rings (SSSR count). The molecule has 0 aliphatic carbocycles. The number of rotatable bonds is 1. The number of nitrogens with zero attached hydrogens (tertiary/aromatic N) is 1. The maximum Gasteiger partial charge on any atom is 0.237 e. The van der Waals surface area contributed by atoms with Gasteiger partial charge in [-0.05, 0) is 40.7 Å². The van der Waals surface area contributed by atoms with Gasteiger partial charge in [-0.1, -0.05) is 0 Å². The van der Waals surface area contributed by atoms with Gasteiger partial charge in [-0.25, -0.2) is 0 Å². The third-order valence-corrected chi connectivity index (χ3v) is 2.63. The summed E-state index contributed by atoms with van der Waals surface area (Å²) in [7, 11) is 0. The average Bonchev–Trinajstić information content (AvgIpc) is 2.07. The summed E-state index contributed by atoms with van der Waals surface area (Å²) in [5, 5.41) is 3.15. The molecule has 1 aliphatic heterocycles. The second-order valence-corrected chi connectivity index (χ2v) is 4.60. The maximum absolute atomic E-state index is 11.7. The standard InChI is InChI=1S/C10H20N2O/c1-8(2)12-9(13)7-11-6-5-10(12,3)4/h8,11H,5-7H2,1-4H3. The van der Waals surface area contributed by atoms with E-state index in [-0.39, 0.29) is 11.4 Å². The molecule has 13 heavy (non-hydrogen) atoms. The molecule has 1 N–H and O–H groups in total. The quantitative estimate of drug-likeness (QED) is 0.659. The molecule has 0 bridgehead atoms. The molecule has 0 radical (unpaired) electrons. The molecule has 76 valence electrons. The summed E-state index contributed by atoms with van der Waals surface area (Å²) in [6, 6.07) is 0.294. The van der Waals surface area contributed by atoms with Gasteiger partial charge in [0.25, 0.3) is 0 Å². The first-order valence-electron chi connectivity index (χ1n) is 4.98. The van der Waals surface area contributed by atoms with Gasteiger partial charge in [0, 0.05) is 11.6 Å². The highest BCUT2D eigenvalue weighted by molar-refractivity contribution is 5.79. The van der Waals surface area contributed by atoms with Crippen LogP contribution < -0.4 is 5.32 Å². The van der Waals surface area contributed by atoms with E-state index in [1.165, 1.54) is 0 Å². The van der Waals surface area contributed by atoms with Crippen LogP contribution in [0.1, 0.15) is 34.1 Å². The molecule has 0 atom stereocenters. The number of amides is 1. The fourth-order valence-corrected chi connectivity index (χ4v) is 2.12. The van der Waals surface area contributed by atoms with Crippen molar-refractivity contribution in [1.29, 1.82) is 0 Å². The van der Waals surface area contributed by atoms with E-state index in [4.69, 9.17) is 0 Å². The lowest BCUT2D eigenvalue weighted by Gasteiger charge is -2.40. The monoisotopic (exact) mass is 184 g/mol. The van der Waals surface area contributed by atoms with Crippen LogP contribution in [0.15, 0.2) is 0 Å². The molecule has 1 amide bonds. The Balaban J connectivity index is 2.86. The summed E-state index contributed by atoms with van der Waals surface area (Å²) in [6.07, 6.45) is 1.02. The zero-order valence-electron chi connectivity index (χ0n) is 9.05. The number of hydrogen-bond acceptors (Lipinski definition) is 2. The van der Waals surface area contributed by atoms with Crippen LogP contribution in [-0.4, -0.2) is 35.5 Å². The number of carbonyl (C=O) groups is 1. The van der Waals surface area contributed by atoms with Crippen LogP contribution in [0.5, 0.6) is 0 Å². The van der Waals surface area contributed by atoms with Gasteiger partial charge in [-0.3, -0.25) is 4.79 Å². The Hall–Kier alpha value is -0.570. The van der Waals surface area contributed by atoms with Gasteiger partial charge in [-0.2, -0.15) is 0 Å². The van der Waals surface area contributed by atoms with Crippen molar-refractivity contribution in [1.82, 2.24) is 10.2 Å². The molecule has 0 aromatic rings. The van der Waals surface area contributed by atoms with E-state index in [1.807, 2.05) is 4.90 Å². The van der Waals surface area contributed by atoms with Crippen molar-refractivity contribution in [2.24, 2.45) is 0 Å². The van der Waals surface area contributed by atoms with Crippen LogP contribution in [0.25, 0.3) is 0 Å². The highest BCUT2D eigenvalue weighted by Crippen LogP contribution is 2.22. The first kappa shape index (κ1) is 10.5. The van der Waals surface area contributed by atoms with Crippen LogP contribution >= 0.6 is 0 Å². The predicted octanol–water partition coefficient (Wildman–Crippen LogP) is 0.995. The van der Waals surface area contributed by atoms with Crippen molar-refractivity contribution in [3.05, 3.63) is 0 Å². The van der Waals surface area contributed by atoms with E-state index < -0.39 is 0 Å². The molecule has 0 aromatic carbocycles. The fraction of sp³-hybridized carbons (Fsp3) is 0.900. The number of carbonyl (C=O) groups excluding carboxylic acids is 1. The van der Waals surface area contributed by atoms with Gasteiger partial charge in [0.2, 0.25) is 5.91 Å². The summed E-state index contributed by atoms with van der Waals surface area (Å²) in [4.78, 5) is 13.7. The molecule has 1 heterocycles. The molecule has 0 saturated carbocycles. The molecular weight excluding hydrogens is 164 g/mol. The van der Waals surface area contributed by atoms with Crippen LogP contribution in [0.3, 0.4) is 0 Å². The van der Waals surface area contributed by atoms with Crippen LogP contribution in [-0.2, 0) is 4.79 Å². The number of nitrogens with one attached hydrogen (secondary N) is 1.